The molecule has 0 unspecified atom stereocenters. The van der Waals surface area contributed by atoms with E-state index in [1.54, 1.807) is 6.08 Å². The zero-order chi connectivity index (χ0) is 11.8. The third-order valence-corrected chi connectivity index (χ3v) is 3.28. The molecule has 1 aliphatic carbocycles. The van der Waals surface area contributed by atoms with Crippen LogP contribution >= 0.6 is 0 Å². The second-order valence-electron chi connectivity index (χ2n) is 4.65. The minimum Gasteiger partial charge on any atom is -0.352 e. The van der Waals surface area contributed by atoms with E-state index in [9.17, 15) is 4.79 Å². The van der Waals surface area contributed by atoms with Crippen LogP contribution in [0.5, 0.6) is 0 Å². The monoisotopic (exact) mass is 224 g/mol. The van der Waals surface area contributed by atoms with Crippen molar-refractivity contribution in [2.45, 2.75) is 44.6 Å². The fourth-order valence-corrected chi connectivity index (χ4v) is 2.30. The van der Waals surface area contributed by atoms with Crippen LogP contribution in [0.2, 0.25) is 0 Å². The number of likely N-dealkylation sites (N-methyl/N-ethyl adjacent to an activating group) is 1. The first kappa shape index (κ1) is 13.2. The Hall–Kier alpha value is -0.830. The summed E-state index contributed by atoms with van der Waals surface area (Å²) in [6.45, 7) is 4.66. The molecule has 0 atom stereocenters. The lowest BCUT2D eigenvalue weighted by Crippen LogP contribution is -2.40. The summed E-state index contributed by atoms with van der Waals surface area (Å²) in [6, 6.07) is 0.594. The van der Waals surface area contributed by atoms with Crippen LogP contribution in [0, 0.1) is 0 Å². The van der Waals surface area contributed by atoms with Gasteiger partial charge in [0.1, 0.15) is 0 Å². The van der Waals surface area contributed by atoms with Gasteiger partial charge in [-0.25, -0.2) is 0 Å². The van der Waals surface area contributed by atoms with Gasteiger partial charge in [-0.05, 0) is 19.9 Å². The van der Waals surface area contributed by atoms with Gasteiger partial charge >= 0.3 is 0 Å². The quantitative estimate of drug-likeness (QED) is 0.572. The van der Waals surface area contributed by atoms with E-state index in [0.29, 0.717) is 19.1 Å². The molecule has 92 valence electrons. The molecule has 0 radical (unpaired) electrons. The molecule has 0 bridgehead atoms. The average Bonchev–Trinajstić information content (AvgIpc) is 2.54. The van der Waals surface area contributed by atoms with Gasteiger partial charge in [0.2, 0.25) is 5.91 Å². The van der Waals surface area contributed by atoms with Gasteiger partial charge in [-0.2, -0.15) is 0 Å². The van der Waals surface area contributed by atoms with Gasteiger partial charge in [0.25, 0.3) is 0 Å². The summed E-state index contributed by atoms with van der Waals surface area (Å²) in [4.78, 5) is 13.7. The Morgan fingerprint density at radius 2 is 2.00 bits per heavy atom. The second kappa shape index (κ2) is 7.44. The smallest absolute Gasteiger partial charge is 0.234 e. The van der Waals surface area contributed by atoms with Gasteiger partial charge < -0.3 is 5.32 Å². The van der Waals surface area contributed by atoms with Crippen LogP contribution in [-0.4, -0.2) is 37.0 Å². The molecule has 1 fully saturated rings. The number of amides is 1. The number of carbonyl (C=O) groups excluding carboxylic acids is 1. The molecule has 1 amide bonds. The predicted molar refractivity (Wildman–Crippen MR) is 67.3 cm³/mol. The van der Waals surface area contributed by atoms with Crippen molar-refractivity contribution in [2.24, 2.45) is 0 Å². The molecule has 0 aromatic carbocycles. The Kier molecular flexibility index (Phi) is 6.16. The van der Waals surface area contributed by atoms with Gasteiger partial charge in [-0.15, -0.1) is 6.58 Å². The molecule has 3 nitrogen and oxygen atoms in total. The van der Waals surface area contributed by atoms with Crippen molar-refractivity contribution in [3.8, 4) is 0 Å². The molecule has 1 N–H and O–H groups in total. The lowest BCUT2D eigenvalue weighted by molar-refractivity contribution is -0.122. The molecule has 0 saturated heterocycles. The molecule has 0 aliphatic heterocycles. The topological polar surface area (TPSA) is 32.3 Å². The van der Waals surface area contributed by atoms with Crippen molar-refractivity contribution in [3.63, 3.8) is 0 Å². The summed E-state index contributed by atoms with van der Waals surface area (Å²) in [5, 5.41) is 2.82. The summed E-state index contributed by atoms with van der Waals surface area (Å²) in [6.07, 6.45) is 9.52. The van der Waals surface area contributed by atoms with Crippen molar-refractivity contribution in [1.29, 1.82) is 0 Å². The molecule has 1 saturated carbocycles. The van der Waals surface area contributed by atoms with E-state index < -0.39 is 0 Å². The standard InChI is InChI=1S/C13H24N2O/c1-3-10-14-13(16)11-15(2)12-8-6-4-5-7-9-12/h3,12H,1,4-11H2,2H3,(H,14,16). The third-order valence-electron chi connectivity index (χ3n) is 3.28. The molecule has 16 heavy (non-hydrogen) atoms. The van der Waals surface area contributed by atoms with Gasteiger partial charge in [-0.3, -0.25) is 9.69 Å². The van der Waals surface area contributed by atoms with Gasteiger partial charge in [0.15, 0.2) is 0 Å². The van der Waals surface area contributed by atoms with Gasteiger partial charge in [0.05, 0.1) is 6.54 Å². The first-order valence-electron chi connectivity index (χ1n) is 6.32. The molecule has 0 heterocycles. The van der Waals surface area contributed by atoms with E-state index in [1.165, 1.54) is 38.5 Å². The molecular weight excluding hydrogens is 200 g/mol. The predicted octanol–water partition coefficient (Wildman–Crippen LogP) is 1.94. The molecular formula is C13H24N2O. The number of rotatable bonds is 5. The fourth-order valence-electron chi connectivity index (χ4n) is 2.30. The number of nitrogens with one attached hydrogen (secondary N) is 1. The summed E-state index contributed by atoms with van der Waals surface area (Å²) < 4.78 is 0. The highest BCUT2D eigenvalue weighted by Gasteiger charge is 2.18. The summed E-state index contributed by atoms with van der Waals surface area (Å²) in [5.41, 5.74) is 0. The Bertz CT molecular complexity index is 220. The third kappa shape index (κ3) is 4.79. The van der Waals surface area contributed by atoms with Crippen molar-refractivity contribution in [2.75, 3.05) is 20.1 Å². The molecule has 3 heteroatoms. The van der Waals surface area contributed by atoms with Crippen molar-refractivity contribution in [1.82, 2.24) is 10.2 Å². The number of nitrogens with zero attached hydrogens (tertiary/aromatic N) is 1. The van der Waals surface area contributed by atoms with E-state index in [2.05, 4.69) is 23.8 Å². The summed E-state index contributed by atoms with van der Waals surface area (Å²) in [5.74, 6) is 0.103. The second-order valence-corrected chi connectivity index (χ2v) is 4.65. The number of carbonyl (C=O) groups is 1. The van der Waals surface area contributed by atoms with Crippen molar-refractivity contribution >= 4 is 5.91 Å². The zero-order valence-electron chi connectivity index (χ0n) is 10.4. The van der Waals surface area contributed by atoms with Gasteiger partial charge in [-0.1, -0.05) is 31.8 Å². The number of hydrogen-bond donors (Lipinski definition) is 1. The normalized spacial score (nSPS) is 18.1. The summed E-state index contributed by atoms with van der Waals surface area (Å²) >= 11 is 0. The van der Waals surface area contributed by atoms with Crippen LogP contribution in [0.3, 0.4) is 0 Å². The van der Waals surface area contributed by atoms with Crippen molar-refractivity contribution < 1.29 is 4.79 Å². The highest BCUT2D eigenvalue weighted by atomic mass is 16.2. The average molecular weight is 224 g/mol. The van der Waals surface area contributed by atoms with Gasteiger partial charge in [0, 0.05) is 12.6 Å². The maximum atomic E-state index is 11.5. The van der Waals surface area contributed by atoms with E-state index in [-0.39, 0.29) is 5.91 Å². The highest BCUT2D eigenvalue weighted by Crippen LogP contribution is 2.20. The maximum Gasteiger partial charge on any atom is 0.234 e. The molecule has 0 aromatic heterocycles. The Morgan fingerprint density at radius 1 is 1.38 bits per heavy atom. The van der Waals surface area contributed by atoms with E-state index in [1.807, 2.05) is 0 Å². The first-order valence-corrected chi connectivity index (χ1v) is 6.32. The van der Waals surface area contributed by atoms with Crippen LogP contribution in [0.15, 0.2) is 12.7 Å². The zero-order valence-corrected chi connectivity index (χ0v) is 10.4. The minimum absolute atomic E-state index is 0.103. The van der Waals surface area contributed by atoms with Crippen LogP contribution < -0.4 is 5.32 Å². The van der Waals surface area contributed by atoms with Crippen LogP contribution in [0.1, 0.15) is 38.5 Å². The Morgan fingerprint density at radius 3 is 2.56 bits per heavy atom. The van der Waals surface area contributed by atoms with Crippen LogP contribution in [0.4, 0.5) is 0 Å². The minimum atomic E-state index is 0.103. The van der Waals surface area contributed by atoms with E-state index in [4.69, 9.17) is 0 Å². The van der Waals surface area contributed by atoms with E-state index >= 15 is 0 Å². The van der Waals surface area contributed by atoms with E-state index in [0.717, 1.165) is 0 Å². The first-order chi connectivity index (χ1) is 7.74. The SMILES string of the molecule is C=CCNC(=O)CN(C)C1CCCCCC1. The Labute approximate surface area is 98.9 Å². The number of hydrogen-bond acceptors (Lipinski definition) is 2. The van der Waals surface area contributed by atoms with Crippen LogP contribution in [0.25, 0.3) is 0 Å². The summed E-state index contributed by atoms with van der Waals surface area (Å²) in [7, 11) is 2.06. The molecule has 0 spiro atoms. The molecule has 1 rings (SSSR count). The fraction of sp³-hybridized carbons (Fsp3) is 0.769. The maximum absolute atomic E-state index is 11.5. The highest BCUT2D eigenvalue weighted by molar-refractivity contribution is 5.78. The largest absolute Gasteiger partial charge is 0.352 e. The lowest BCUT2D eigenvalue weighted by atomic mass is 10.1. The Balaban J connectivity index is 2.28. The lowest BCUT2D eigenvalue weighted by Gasteiger charge is -2.26. The molecule has 0 aromatic rings. The van der Waals surface area contributed by atoms with Crippen LogP contribution in [-0.2, 0) is 4.79 Å². The van der Waals surface area contributed by atoms with Crippen molar-refractivity contribution in [3.05, 3.63) is 12.7 Å². The molecule has 1 aliphatic rings.